The maximum Gasteiger partial charge on any atom is 0.225 e. The highest BCUT2D eigenvalue weighted by Crippen LogP contribution is 2.18. The van der Waals surface area contributed by atoms with Gasteiger partial charge in [0.15, 0.2) is 5.82 Å². The Labute approximate surface area is 151 Å². The van der Waals surface area contributed by atoms with E-state index in [1.54, 1.807) is 13.3 Å². The highest BCUT2D eigenvalue weighted by atomic mass is 16.5. The monoisotopic (exact) mass is 354 g/mol. The van der Waals surface area contributed by atoms with Crippen molar-refractivity contribution in [3.8, 4) is 5.75 Å². The van der Waals surface area contributed by atoms with Gasteiger partial charge in [0.1, 0.15) is 11.6 Å². The molecule has 0 aliphatic carbocycles. The minimum absolute atomic E-state index is 0.0249. The summed E-state index contributed by atoms with van der Waals surface area (Å²) in [5.74, 6) is 1.66. The van der Waals surface area contributed by atoms with E-state index in [9.17, 15) is 4.79 Å². The van der Waals surface area contributed by atoms with Crippen LogP contribution < -0.4 is 10.5 Å². The second-order valence-corrected chi connectivity index (χ2v) is 6.16. The molecule has 0 aliphatic rings. The number of primary amides is 1. The van der Waals surface area contributed by atoms with Gasteiger partial charge in [-0.2, -0.15) is 10.2 Å². The topological polar surface area (TPSA) is 101 Å². The molecule has 136 valence electrons. The molecule has 3 rings (SSSR count). The number of hydrogen-bond donors (Lipinski definition) is 1. The van der Waals surface area contributed by atoms with Crippen molar-refractivity contribution >= 4 is 5.91 Å². The number of rotatable bonds is 8. The van der Waals surface area contributed by atoms with Crippen molar-refractivity contribution in [2.24, 2.45) is 5.73 Å². The van der Waals surface area contributed by atoms with Crippen LogP contribution in [0, 0.1) is 0 Å². The van der Waals surface area contributed by atoms with Crippen LogP contribution in [0.2, 0.25) is 0 Å². The number of ether oxygens (including phenoxy) is 1. The van der Waals surface area contributed by atoms with Crippen molar-refractivity contribution < 1.29 is 9.53 Å². The Kier molecular flexibility index (Phi) is 5.31. The van der Waals surface area contributed by atoms with Crippen LogP contribution in [0.25, 0.3) is 0 Å². The third kappa shape index (κ3) is 4.27. The van der Waals surface area contributed by atoms with Crippen LogP contribution in [0.3, 0.4) is 0 Å². The summed E-state index contributed by atoms with van der Waals surface area (Å²) in [5.41, 5.74) is 6.36. The van der Waals surface area contributed by atoms with E-state index >= 15 is 0 Å². The van der Waals surface area contributed by atoms with Crippen LogP contribution >= 0.6 is 0 Å². The first-order valence-electron chi connectivity index (χ1n) is 8.37. The summed E-state index contributed by atoms with van der Waals surface area (Å²) in [7, 11) is 1.64. The van der Waals surface area contributed by atoms with Gasteiger partial charge in [0, 0.05) is 18.3 Å². The van der Waals surface area contributed by atoms with E-state index in [1.165, 1.54) is 0 Å². The Bertz CT molecular complexity index is 854. The van der Waals surface area contributed by atoms with E-state index in [0.29, 0.717) is 18.9 Å². The largest absolute Gasteiger partial charge is 0.497 e. The van der Waals surface area contributed by atoms with Gasteiger partial charge in [0.05, 0.1) is 26.6 Å². The third-order valence-corrected chi connectivity index (χ3v) is 4.03. The number of nitrogens with zero attached hydrogens (tertiary/aromatic N) is 5. The zero-order valence-corrected chi connectivity index (χ0v) is 14.9. The highest BCUT2D eigenvalue weighted by Gasteiger charge is 2.18. The summed E-state index contributed by atoms with van der Waals surface area (Å²) in [5, 5.41) is 8.72. The zero-order chi connectivity index (χ0) is 18.5. The molecule has 2 N–H and O–H groups in total. The number of nitrogens with two attached hydrogens (primary N) is 1. The van der Waals surface area contributed by atoms with Gasteiger partial charge in [0.25, 0.3) is 0 Å². The molecule has 0 aliphatic heterocycles. The molecule has 1 aromatic carbocycles. The summed E-state index contributed by atoms with van der Waals surface area (Å²) in [6.45, 7) is 3.28. The van der Waals surface area contributed by atoms with E-state index in [2.05, 4.69) is 22.1 Å². The van der Waals surface area contributed by atoms with Crippen molar-refractivity contribution in [3.05, 3.63) is 59.9 Å². The SMILES string of the molecule is COc1ccc(Cn2nc(CC(N)=O)nc2[C@@H](C)Cn2cccn2)cc1. The van der Waals surface area contributed by atoms with Crippen molar-refractivity contribution in [3.63, 3.8) is 0 Å². The van der Waals surface area contributed by atoms with Crippen LogP contribution in [-0.2, 0) is 24.3 Å². The Hall–Kier alpha value is -3.16. The van der Waals surface area contributed by atoms with Gasteiger partial charge in [-0.3, -0.25) is 9.48 Å². The number of amides is 1. The fourth-order valence-corrected chi connectivity index (χ4v) is 2.79. The average molecular weight is 354 g/mol. The van der Waals surface area contributed by atoms with Crippen molar-refractivity contribution in [1.82, 2.24) is 24.5 Å². The van der Waals surface area contributed by atoms with Gasteiger partial charge in [-0.25, -0.2) is 9.67 Å². The molecule has 8 heteroatoms. The maximum atomic E-state index is 11.2. The van der Waals surface area contributed by atoms with E-state index < -0.39 is 5.91 Å². The minimum atomic E-state index is -0.446. The number of aromatic nitrogens is 5. The normalized spacial score (nSPS) is 12.1. The lowest BCUT2D eigenvalue weighted by atomic mass is 10.1. The maximum absolute atomic E-state index is 11.2. The van der Waals surface area contributed by atoms with Crippen LogP contribution in [-0.4, -0.2) is 37.6 Å². The number of benzene rings is 1. The summed E-state index contributed by atoms with van der Waals surface area (Å²) in [6.07, 6.45) is 3.68. The Balaban J connectivity index is 1.85. The van der Waals surface area contributed by atoms with Gasteiger partial charge in [-0.05, 0) is 23.8 Å². The van der Waals surface area contributed by atoms with E-state index in [0.717, 1.165) is 17.1 Å². The fourth-order valence-electron chi connectivity index (χ4n) is 2.79. The van der Waals surface area contributed by atoms with E-state index in [1.807, 2.05) is 45.9 Å². The lowest BCUT2D eigenvalue weighted by molar-refractivity contribution is -0.117. The molecule has 26 heavy (non-hydrogen) atoms. The molecule has 3 aromatic rings. The van der Waals surface area contributed by atoms with Gasteiger partial charge in [-0.15, -0.1) is 0 Å². The van der Waals surface area contributed by atoms with Crippen LogP contribution in [0.15, 0.2) is 42.7 Å². The van der Waals surface area contributed by atoms with E-state index in [-0.39, 0.29) is 12.3 Å². The molecule has 1 amide bonds. The predicted octanol–water partition coefficient (Wildman–Crippen LogP) is 1.36. The first-order valence-corrected chi connectivity index (χ1v) is 8.37. The number of methoxy groups -OCH3 is 1. The molecular weight excluding hydrogens is 332 g/mol. The van der Waals surface area contributed by atoms with Crippen LogP contribution in [0.5, 0.6) is 5.75 Å². The molecule has 2 aromatic heterocycles. The standard InChI is InChI=1S/C18H22N6O2/c1-13(11-23-9-3-8-20-23)18-21-17(10-16(19)25)22-24(18)12-14-4-6-15(26-2)7-5-14/h3-9,13H,10-12H2,1-2H3,(H2,19,25)/t13-/m0/s1. The lowest BCUT2D eigenvalue weighted by Crippen LogP contribution is -2.15. The molecule has 0 bridgehead atoms. The Morgan fingerprint density at radius 2 is 2.08 bits per heavy atom. The first-order chi connectivity index (χ1) is 12.5. The molecule has 0 saturated carbocycles. The van der Waals surface area contributed by atoms with Crippen LogP contribution in [0.4, 0.5) is 0 Å². The number of carbonyl (C=O) groups excluding carboxylic acids is 1. The average Bonchev–Trinajstić information content (AvgIpc) is 3.25. The smallest absolute Gasteiger partial charge is 0.225 e. The summed E-state index contributed by atoms with van der Waals surface area (Å²) in [6, 6.07) is 9.66. The molecule has 0 spiro atoms. The Morgan fingerprint density at radius 3 is 2.69 bits per heavy atom. The lowest BCUT2D eigenvalue weighted by Gasteiger charge is -2.13. The molecule has 0 radical (unpaired) electrons. The first kappa shape index (κ1) is 17.7. The summed E-state index contributed by atoms with van der Waals surface area (Å²) < 4.78 is 8.87. The highest BCUT2D eigenvalue weighted by molar-refractivity contribution is 5.75. The van der Waals surface area contributed by atoms with Gasteiger partial charge >= 0.3 is 0 Å². The zero-order valence-electron chi connectivity index (χ0n) is 14.9. The van der Waals surface area contributed by atoms with Crippen molar-refractivity contribution in [2.75, 3.05) is 7.11 Å². The van der Waals surface area contributed by atoms with Crippen molar-refractivity contribution in [2.45, 2.75) is 32.4 Å². The van der Waals surface area contributed by atoms with E-state index in [4.69, 9.17) is 10.5 Å². The molecule has 0 fully saturated rings. The third-order valence-electron chi connectivity index (χ3n) is 4.03. The van der Waals surface area contributed by atoms with Crippen molar-refractivity contribution in [1.29, 1.82) is 0 Å². The molecular formula is C18H22N6O2. The summed E-state index contributed by atoms with van der Waals surface area (Å²) in [4.78, 5) is 15.8. The molecule has 0 unspecified atom stereocenters. The molecule has 1 atom stereocenters. The second kappa shape index (κ2) is 7.81. The number of hydrogen-bond acceptors (Lipinski definition) is 5. The van der Waals surface area contributed by atoms with Crippen LogP contribution in [0.1, 0.15) is 30.1 Å². The predicted molar refractivity (Wildman–Crippen MR) is 95.7 cm³/mol. The molecule has 2 heterocycles. The van der Waals surface area contributed by atoms with Gasteiger partial charge in [0.2, 0.25) is 5.91 Å². The number of carbonyl (C=O) groups is 1. The fraction of sp³-hybridized carbons (Fsp3) is 0.333. The van der Waals surface area contributed by atoms with Gasteiger partial charge in [-0.1, -0.05) is 19.1 Å². The Morgan fingerprint density at radius 1 is 1.31 bits per heavy atom. The quantitative estimate of drug-likeness (QED) is 0.658. The second-order valence-electron chi connectivity index (χ2n) is 6.16. The summed E-state index contributed by atoms with van der Waals surface area (Å²) >= 11 is 0. The minimum Gasteiger partial charge on any atom is -0.497 e. The molecule has 0 saturated heterocycles. The van der Waals surface area contributed by atoms with Gasteiger partial charge < -0.3 is 10.5 Å². The molecule has 8 nitrogen and oxygen atoms in total.